The molecular formula is C39H76NO8P. The Hall–Kier alpha value is -1.25. The molecule has 10 heteroatoms. The van der Waals surface area contributed by atoms with Crippen molar-refractivity contribution in [3.8, 4) is 0 Å². The predicted molar refractivity (Wildman–Crippen MR) is 201 cm³/mol. The molecule has 9 nitrogen and oxygen atoms in total. The first kappa shape index (κ1) is 47.8. The van der Waals surface area contributed by atoms with Crippen molar-refractivity contribution >= 4 is 19.8 Å². The van der Waals surface area contributed by atoms with Crippen LogP contribution in [0.15, 0.2) is 12.2 Å². The van der Waals surface area contributed by atoms with E-state index in [0.29, 0.717) is 6.42 Å². The van der Waals surface area contributed by atoms with Crippen LogP contribution < -0.4 is 5.73 Å². The van der Waals surface area contributed by atoms with Crippen LogP contribution in [-0.4, -0.2) is 49.3 Å². The zero-order valence-corrected chi connectivity index (χ0v) is 32.6. The van der Waals surface area contributed by atoms with Gasteiger partial charge in [-0.1, -0.05) is 154 Å². The second kappa shape index (κ2) is 36.5. The molecule has 0 bridgehead atoms. The standard InChI is InChI=1S/C39H76NO8P/c1-3-5-7-9-11-12-13-14-15-16-17-18-19-20-21-22-23-24-26-28-30-32-39(42)48-37(36-47-49(43,44)46-34-33-40)35-45-38(41)31-29-27-25-10-8-6-4-2/h14-15,37H,3-13,16-36,40H2,1-2H3,(H,43,44)/b15-14+/t37-/m1/s1. The molecule has 0 aliphatic rings. The Morgan fingerprint density at radius 3 is 1.45 bits per heavy atom. The van der Waals surface area contributed by atoms with Gasteiger partial charge in [-0.2, -0.15) is 0 Å². The van der Waals surface area contributed by atoms with Gasteiger partial charge in [-0.3, -0.25) is 18.6 Å². The highest BCUT2D eigenvalue weighted by Gasteiger charge is 2.26. The van der Waals surface area contributed by atoms with Crippen molar-refractivity contribution in [2.24, 2.45) is 5.73 Å². The summed E-state index contributed by atoms with van der Waals surface area (Å²) >= 11 is 0. The average molecular weight is 718 g/mol. The zero-order valence-electron chi connectivity index (χ0n) is 31.7. The Bertz CT molecular complexity index is 825. The quantitative estimate of drug-likeness (QED) is 0.0277. The normalized spacial score (nSPS) is 13.5. The van der Waals surface area contributed by atoms with Crippen molar-refractivity contribution in [1.82, 2.24) is 0 Å². The first-order valence-electron chi connectivity index (χ1n) is 20.2. The lowest BCUT2D eigenvalue weighted by atomic mass is 10.0. The van der Waals surface area contributed by atoms with Gasteiger partial charge in [0.2, 0.25) is 0 Å². The molecule has 0 spiro atoms. The van der Waals surface area contributed by atoms with Crippen LogP contribution in [0.3, 0.4) is 0 Å². The van der Waals surface area contributed by atoms with E-state index in [-0.39, 0.29) is 38.6 Å². The number of hydrogen-bond donors (Lipinski definition) is 2. The largest absolute Gasteiger partial charge is 0.472 e. The molecule has 3 N–H and O–H groups in total. The molecule has 49 heavy (non-hydrogen) atoms. The lowest BCUT2D eigenvalue weighted by molar-refractivity contribution is -0.161. The Morgan fingerprint density at radius 1 is 0.592 bits per heavy atom. The van der Waals surface area contributed by atoms with E-state index in [2.05, 4.69) is 26.0 Å². The van der Waals surface area contributed by atoms with E-state index in [1.54, 1.807) is 0 Å². The monoisotopic (exact) mass is 718 g/mol. The molecule has 0 aliphatic carbocycles. The summed E-state index contributed by atoms with van der Waals surface area (Å²) in [6.07, 6.45) is 35.5. The summed E-state index contributed by atoms with van der Waals surface area (Å²) in [5.41, 5.74) is 5.32. The third-order valence-electron chi connectivity index (χ3n) is 8.65. The highest BCUT2D eigenvalue weighted by molar-refractivity contribution is 7.47. The number of allylic oxidation sites excluding steroid dienone is 2. The molecule has 0 fully saturated rings. The first-order chi connectivity index (χ1) is 23.8. The van der Waals surface area contributed by atoms with Crippen molar-refractivity contribution in [1.29, 1.82) is 0 Å². The van der Waals surface area contributed by atoms with E-state index in [0.717, 1.165) is 38.5 Å². The average Bonchev–Trinajstić information content (AvgIpc) is 3.08. The fourth-order valence-electron chi connectivity index (χ4n) is 5.63. The van der Waals surface area contributed by atoms with Gasteiger partial charge in [0.05, 0.1) is 13.2 Å². The van der Waals surface area contributed by atoms with Crippen molar-refractivity contribution in [2.75, 3.05) is 26.4 Å². The number of nitrogens with two attached hydrogens (primary N) is 1. The Labute approximate surface area is 300 Å². The van der Waals surface area contributed by atoms with Gasteiger partial charge in [0, 0.05) is 19.4 Å². The summed E-state index contributed by atoms with van der Waals surface area (Å²) in [4.78, 5) is 34.6. The van der Waals surface area contributed by atoms with Crippen molar-refractivity contribution in [3.05, 3.63) is 12.2 Å². The molecule has 0 aromatic carbocycles. The number of hydrogen-bond acceptors (Lipinski definition) is 8. The van der Waals surface area contributed by atoms with E-state index in [1.807, 2.05) is 0 Å². The molecule has 0 rings (SSSR count). The molecule has 290 valence electrons. The maximum atomic E-state index is 12.5. The van der Waals surface area contributed by atoms with Crippen LogP contribution >= 0.6 is 7.82 Å². The Balaban J connectivity index is 4.02. The second-order valence-electron chi connectivity index (χ2n) is 13.5. The topological polar surface area (TPSA) is 134 Å². The highest BCUT2D eigenvalue weighted by Crippen LogP contribution is 2.43. The molecule has 0 aromatic heterocycles. The molecule has 0 aliphatic heterocycles. The summed E-state index contributed by atoms with van der Waals surface area (Å²) in [5, 5.41) is 0. The van der Waals surface area contributed by atoms with Gasteiger partial charge < -0.3 is 20.1 Å². The van der Waals surface area contributed by atoms with E-state index >= 15 is 0 Å². The predicted octanol–water partition coefficient (Wildman–Crippen LogP) is 11.1. The van der Waals surface area contributed by atoms with Crippen LogP contribution in [0, 0.1) is 0 Å². The number of unbranched alkanes of at least 4 members (excludes halogenated alkanes) is 23. The van der Waals surface area contributed by atoms with E-state index in [4.69, 9.17) is 24.3 Å². The minimum absolute atomic E-state index is 0.0558. The molecular weight excluding hydrogens is 641 g/mol. The van der Waals surface area contributed by atoms with Crippen LogP contribution in [0.2, 0.25) is 0 Å². The first-order valence-corrected chi connectivity index (χ1v) is 21.7. The molecule has 0 amide bonds. The molecule has 0 saturated heterocycles. The fourth-order valence-corrected chi connectivity index (χ4v) is 6.39. The van der Waals surface area contributed by atoms with Gasteiger partial charge in [0.1, 0.15) is 6.61 Å². The van der Waals surface area contributed by atoms with Crippen LogP contribution in [0.25, 0.3) is 0 Å². The van der Waals surface area contributed by atoms with Gasteiger partial charge in [-0.25, -0.2) is 4.57 Å². The van der Waals surface area contributed by atoms with Crippen molar-refractivity contribution < 1.29 is 37.6 Å². The minimum Gasteiger partial charge on any atom is -0.462 e. The smallest absolute Gasteiger partial charge is 0.462 e. The SMILES string of the molecule is CCCCCCCC/C=C/CCCCCCCCCCCCCC(=O)O[C@H](COC(=O)CCCCCCCCC)COP(=O)(O)OCCN. The number of carbonyl (C=O) groups is 2. The van der Waals surface area contributed by atoms with Crippen molar-refractivity contribution in [2.45, 2.75) is 200 Å². The lowest BCUT2D eigenvalue weighted by Gasteiger charge is -2.19. The molecule has 0 radical (unpaired) electrons. The van der Waals surface area contributed by atoms with E-state index in [9.17, 15) is 19.0 Å². The molecule has 0 heterocycles. The van der Waals surface area contributed by atoms with Gasteiger partial charge in [0.15, 0.2) is 6.10 Å². The van der Waals surface area contributed by atoms with E-state index < -0.39 is 26.5 Å². The summed E-state index contributed by atoms with van der Waals surface area (Å²) in [5.74, 6) is -0.830. The van der Waals surface area contributed by atoms with Crippen LogP contribution in [0.5, 0.6) is 0 Å². The van der Waals surface area contributed by atoms with Gasteiger partial charge in [-0.05, 0) is 38.5 Å². The van der Waals surface area contributed by atoms with Crippen LogP contribution in [0.4, 0.5) is 0 Å². The maximum Gasteiger partial charge on any atom is 0.472 e. The number of rotatable bonds is 38. The number of ether oxygens (including phenoxy) is 2. The third-order valence-corrected chi connectivity index (χ3v) is 9.64. The number of phosphoric ester groups is 1. The van der Waals surface area contributed by atoms with Gasteiger partial charge in [0.25, 0.3) is 0 Å². The Morgan fingerprint density at radius 2 is 1.00 bits per heavy atom. The van der Waals surface area contributed by atoms with Crippen LogP contribution in [-0.2, 0) is 32.7 Å². The number of carbonyl (C=O) groups excluding carboxylic acids is 2. The minimum atomic E-state index is -4.36. The summed E-state index contributed by atoms with van der Waals surface area (Å²) in [6, 6.07) is 0. The van der Waals surface area contributed by atoms with Gasteiger partial charge >= 0.3 is 19.8 Å². The molecule has 0 aromatic rings. The van der Waals surface area contributed by atoms with Gasteiger partial charge in [-0.15, -0.1) is 0 Å². The van der Waals surface area contributed by atoms with Crippen molar-refractivity contribution in [3.63, 3.8) is 0 Å². The second-order valence-corrected chi connectivity index (χ2v) is 15.0. The zero-order chi connectivity index (χ0) is 36.1. The summed E-state index contributed by atoms with van der Waals surface area (Å²) < 4.78 is 32.6. The fraction of sp³-hybridized carbons (Fsp3) is 0.897. The lowest BCUT2D eigenvalue weighted by Crippen LogP contribution is -2.29. The van der Waals surface area contributed by atoms with E-state index in [1.165, 1.54) is 122 Å². The molecule has 0 saturated carbocycles. The summed E-state index contributed by atoms with van der Waals surface area (Å²) in [6.45, 7) is 3.69. The molecule has 2 atom stereocenters. The highest BCUT2D eigenvalue weighted by atomic mass is 31.2. The van der Waals surface area contributed by atoms with Crippen LogP contribution in [0.1, 0.15) is 194 Å². The number of esters is 2. The summed E-state index contributed by atoms with van der Waals surface area (Å²) in [7, 11) is -4.36. The third kappa shape index (κ3) is 36.3. The molecule has 1 unspecified atom stereocenters. The maximum absolute atomic E-state index is 12.5. The number of phosphoric acid groups is 1. The Kier molecular flexibility index (Phi) is 35.6.